The minimum Gasteiger partial charge on any atom is -0.356 e. The zero-order valence-corrected chi connectivity index (χ0v) is 15.6. The van der Waals surface area contributed by atoms with E-state index in [-0.39, 0.29) is 0 Å². The lowest BCUT2D eigenvalue weighted by Crippen LogP contribution is -2.45. The van der Waals surface area contributed by atoms with Gasteiger partial charge in [0.2, 0.25) is 0 Å². The van der Waals surface area contributed by atoms with Crippen molar-refractivity contribution in [1.29, 1.82) is 0 Å². The summed E-state index contributed by atoms with van der Waals surface area (Å²) in [7, 11) is 1.85. The molecule has 1 unspecified atom stereocenters. The maximum absolute atomic E-state index is 4.41. The van der Waals surface area contributed by atoms with Crippen molar-refractivity contribution in [3.05, 3.63) is 11.6 Å². The van der Waals surface area contributed by atoms with Crippen molar-refractivity contribution in [1.82, 2.24) is 25.4 Å². The Balaban J connectivity index is 1.40. The molecule has 2 aliphatic rings. The molecule has 1 aromatic rings. The van der Waals surface area contributed by atoms with Crippen molar-refractivity contribution in [2.45, 2.75) is 64.0 Å². The number of guanidine groups is 1. The van der Waals surface area contributed by atoms with Crippen molar-refractivity contribution in [2.75, 3.05) is 25.1 Å². The fourth-order valence-electron chi connectivity index (χ4n) is 3.43. The zero-order chi connectivity index (χ0) is 16.6. The summed E-state index contributed by atoms with van der Waals surface area (Å²) < 4.78 is 2.35. The lowest BCUT2D eigenvalue weighted by molar-refractivity contribution is 0.575. The third kappa shape index (κ3) is 4.88. The Kier molecular flexibility index (Phi) is 6.81. The van der Waals surface area contributed by atoms with Gasteiger partial charge in [-0.3, -0.25) is 4.99 Å². The second-order valence-electron chi connectivity index (χ2n) is 6.66. The predicted octanol–water partition coefficient (Wildman–Crippen LogP) is 2.00. The SMILES string of the molecule is CN=C(NCCCc1nnc2n1CCCCC2)NC1CCCSC1. The van der Waals surface area contributed by atoms with Gasteiger partial charge in [-0.1, -0.05) is 6.42 Å². The topological polar surface area (TPSA) is 67.1 Å². The highest BCUT2D eigenvalue weighted by atomic mass is 32.2. The Hall–Kier alpha value is -1.24. The molecule has 6 nitrogen and oxygen atoms in total. The molecule has 2 aliphatic heterocycles. The van der Waals surface area contributed by atoms with Gasteiger partial charge in [0.1, 0.15) is 11.6 Å². The van der Waals surface area contributed by atoms with Crippen LogP contribution in [0.2, 0.25) is 0 Å². The van der Waals surface area contributed by atoms with Gasteiger partial charge in [-0.05, 0) is 37.9 Å². The summed E-state index contributed by atoms with van der Waals surface area (Å²) in [6.07, 6.45) is 9.49. The van der Waals surface area contributed by atoms with Crippen molar-refractivity contribution < 1.29 is 0 Å². The molecule has 2 N–H and O–H groups in total. The lowest BCUT2D eigenvalue weighted by atomic mass is 10.2. The molecule has 0 saturated carbocycles. The van der Waals surface area contributed by atoms with E-state index in [0.717, 1.165) is 44.1 Å². The van der Waals surface area contributed by atoms with Gasteiger partial charge in [0.05, 0.1) is 0 Å². The number of nitrogens with zero attached hydrogens (tertiary/aromatic N) is 4. The molecule has 0 aliphatic carbocycles. The highest BCUT2D eigenvalue weighted by Crippen LogP contribution is 2.17. The summed E-state index contributed by atoms with van der Waals surface area (Å²) >= 11 is 2.03. The number of aryl methyl sites for hydroxylation is 2. The first-order chi connectivity index (χ1) is 11.9. The first kappa shape index (κ1) is 17.6. The molecule has 24 heavy (non-hydrogen) atoms. The Morgan fingerprint density at radius 3 is 3.08 bits per heavy atom. The number of aromatic nitrogens is 3. The molecular weight excluding hydrogens is 320 g/mol. The van der Waals surface area contributed by atoms with E-state index >= 15 is 0 Å². The molecule has 0 bridgehead atoms. The fraction of sp³-hybridized carbons (Fsp3) is 0.824. The first-order valence-electron chi connectivity index (χ1n) is 9.32. The fourth-order valence-corrected chi connectivity index (χ4v) is 4.50. The van der Waals surface area contributed by atoms with Crippen LogP contribution in [0.3, 0.4) is 0 Å². The minimum atomic E-state index is 0.558. The van der Waals surface area contributed by atoms with Crippen molar-refractivity contribution >= 4 is 17.7 Å². The molecule has 134 valence electrons. The van der Waals surface area contributed by atoms with E-state index in [2.05, 4.69) is 30.4 Å². The molecule has 7 heteroatoms. The van der Waals surface area contributed by atoms with Crippen molar-refractivity contribution in [3.63, 3.8) is 0 Å². The Morgan fingerprint density at radius 1 is 1.29 bits per heavy atom. The highest BCUT2D eigenvalue weighted by Gasteiger charge is 2.16. The molecule has 0 spiro atoms. The van der Waals surface area contributed by atoms with Gasteiger partial charge in [-0.2, -0.15) is 11.8 Å². The Bertz CT molecular complexity index is 535. The summed E-state index contributed by atoms with van der Waals surface area (Å²) in [6.45, 7) is 2.01. The van der Waals surface area contributed by atoms with Crippen molar-refractivity contribution in [2.24, 2.45) is 4.99 Å². The average Bonchev–Trinajstić information content (AvgIpc) is 2.85. The second kappa shape index (κ2) is 9.30. The van der Waals surface area contributed by atoms with Gasteiger partial charge in [0.15, 0.2) is 5.96 Å². The number of nitrogens with one attached hydrogen (secondary N) is 2. The van der Waals surface area contributed by atoms with Crippen LogP contribution in [0.5, 0.6) is 0 Å². The molecule has 1 fully saturated rings. The molecule has 3 heterocycles. The highest BCUT2D eigenvalue weighted by molar-refractivity contribution is 7.99. The van der Waals surface area contributed by atoms with Crippen LogP contribution in [-0.4, -0.2) is 51.9 Å². The maximum Gasteiger partial charge on any atom is 0.191 e. The average molecular weight is 351 g/mol. The van der Waals surface area contributed by atoms with Gasteiger partial charge in [0.25, 0.3) is 0 Å². The van der Waals surface area contributed by atoms with E-state index < -0.39 is 0 Å². The normalized spacial score (nSPS) is 21.9. The van der Waals surface area contributed by atoms with E-state index in [9.17, 15) is 0 Å². The maximum atomic E-state index is 4.41. The van der Waals surface area contributed by atoms with E-state index in [1.54, 1.807) is 0 Å². The monoisotopic (exact) mass is 350 g/mol. The predicted molar refractivity (Wildman–Crippen MR) is 101 cm³/mol. The Morgan fingerprint density at radius 2 is 2.25 bits per heavy atom. The van der Waals surface area contributed by atoms with Crippen LogP contribution in [0.15, 0.2) is 4.99 Å². The van der Waals surface area contributed by atoms with Crippen LogP contribution in [0.25, 0.3) is 0 Å². The number of thioether (sulfide) groups is 1. The molecule has 1 atom stereocenters. The first-order valence-corrected chi connectivity index (χ1v) is 10.5. The molecule has 0 radical (unpaired) electrons. The van der Waals surface area contributed by atoms with Gasteiger partial charge in [-0.15, -0.1) is 10.2 Å². The number of hydrogen-bond acceptors (Lipinski definition) is 4. The zero-order valence-electron chi connectivity index (χ0n) is 14.8. The smallest absolute Gasteiger partial charge is 0.191 e. The lowest BCUT2D eigenvalue weighted by Gasteiger charge is -2.24. The van der Waals surface area contributed by atoms with Crippen LogP contribution < -0.4 is 10.6 Å². The van der Waals surface area contributed by atoms with Gasteiger partial charge < -0.3 is 15.2 Å². The molecule has 3 rings (SSSR count). The third-order valence-corrected chi connectivity index (χ3v) is 6.00. The molecule has 0 aromatic carbocycles. The van der Waals surface area contributed by atoms with Crippen LogP contribution in [-0.2, 0) is 19.4 Å². The molecular formula is C17H30N6S. The van der Waals surface area contributed by atoms with E-state index in [1.165, 1.54) is 49.4 Å². The quantitative estimate of drug-likeness (QED) is 0.483. The summed E-state index contributed by atoms with van der Waals surface area (Å²) in [6, 6.07) is 0.558. The summed E-state index contributed by atoms with van der Waals surface area (Å²) in [5, 5.41) is 15.8. The largest absolute Gasteiger partial charge is 0.356 e. The molecule has 1 aromatic heterocycles. The number of hydrogen-bond donors (Lipinski definition) is 2. The number of fused-ring (bicyclic) bond motifs is 1. The number of rotatable bonds is 5. The van der Waals surface area contributed by atoms with Gasteiger partial charge in [-0.25, -0.2) is 0 Å². The van der Waals surface area contributed by atoms with Crippen LogP contribution in [0.1, 0.15) is 50.2 Å². The third-order valence-electron chi connectivity index (χ3n) is 4.78. The Labute approximate surface area is 149 Å². The van der Waals surface area contributed by atoms with E-state index in [1.807, 2.05) is 18.8 Å². The summed E-state index contributed by atoms with van der Waals surface area (Å²) in [5.41, 5.74) is 0. The molecule has 0 amide bonds. The van der Waals surface area contributed by atoms with Crippen molar-refractivity contribution in [3.8, 4) is 0 Å². The van der Waals surface area contributed by atoms with Crippen LogP contribution in [0.4, 0.5) is 0 Å². The van der Waals surface area contributed by atoms with Gasteiger partial charge in [0, 0.05) is 44.8 Å². The second-order valence-corrected chi connectivity index (χ2v) is 7.81. The minimum absolute atomic E-state index is 0.558. The summed E-state index contributed by atoms with van der Waals surface area (Å²) in [4.78, 5) is 4.35. The van der Waals surface area contributed by atoms with Crippen LogP contribution in [0, 0.1) is 0 Å². The van der Waals surface area contributed by atoms with Gasteiger partial charge >= 0.3 is 0 Å². The summed E-state index contributed by atoms with van der Waals surface area (Å²) in [5.74, 6) is 5.75. The van der Waals surface area contributed by atoms with Crippen LogP contribution >= 0.6 is 11.8 Å². The molecule has 1 saturated heterocycles. The van der Waals surface area contributed by atoms with E-state index in [0.29, 0.717) is 6.04 Å². The number of aliphatic imine (C=N–C) groups is 1. The standard InChI is InChI=1S/C17H30N6S/c1-18-17(20-14-7-6-12-24-13-14)19-10-5-9-16-22-21-15-8-3-2-4-11-23(15)16/h14H,2-13H2,1H3,(H2,18,19,20). The van der Waals surface area contributed by atoms with E-state index in [4.69, 9.17) is 0 Å².